The number of aliphatic hydroxyl groups is 1. The van der Waals surface area contributed by atoms with E-state index in [1.807, 2.05) is 67.5 Å². The monoisotopic (exact) mass is 1350 g/mol. The van der Waals surface area contributed by atoms with Gasteiger partial charge in [-0.1, -0.05) is 72.8 Å². The van der Waals surface area contributed by atoms with Gasteiger partial charge in [0.15, 0.2) is 17.5 Å². The number of rotatable bonds is 12. The zero-order chi connectivity index (χ0) is 69.4. The van der Waals surface area contributed by atoms with Crippen LogP contribution in [0.5, 0.6) is 0 Å². The first-order valence-corrected chi connectivity index (χ1v) is 31.8. The lowest BCUT2D eigenvalue weighted by Crippen LogP contribution is -2.39. The number of amidine groups is 4. The van der Waals surface area contributed by atoms with E-state index in [1.54, 1.807) is 72.8 Å². The van der Waals surface area contributed by atoms with Gasteiger partial charge in [-0.25, -0.2) is 35.1 Å². The molecule has 2 atom stereocenters. The number of aromatic amines is 4. The van der Waals surface area contributed by atoms with Gasteiger partial charge in [0.1, 0.15) is 69.0 Å². The van der Waals surface area contributed by atoms with Crippen molar-refractivity contribution in [2.75, 3.05) is 52.9 Å². The fraction of sp³-hybridized carbons (Fsp3) is 0.147. The Bertz CT molecular complexity index is 5240. The van der Waals surface area contributed by atoms with E-state index in [-0.39, 0.29) is 52.7 Å². The third-order valence-corrected chi connectivity index (χ3v) is 16.5. The maximum atomic E-state index is 14.4. The predicted molar refractivity (Wildman–Crippen MR) is 378 cm³/mol. The van der Waals surface area contributed by atoms with Gasteiger partial charge in [-0.2, -0.15) is 20.4 Å². The lowest BCUT2D eigenvalue weighted by molar-refractivity contribution is 0.181. The van der Waals surface area contributed by atoms with E-state index < -0.39 is 23.6 Å². The minimum Gasteiger partial charge on any atom is -0.389 e. The van der Waals surface area contributed by atoms with Gasteiger partial charge in [0, 0.05) is 77.0 Å². The number of benzene rings is 8. The van der Waals surface area contributed by atoms with E-state index in [2.05, 4.69) is 76.7 Å². The minimum atomic E-state index is -0.561. The highest BCUT2D eigenvalue weighted by Crippen LogP contribution is 2.29. The smallest absolute Gasteiger partial charge is 0.152 e. The van der Waals surface area contributed by atoms with Crippen LogP contribution >= 0.6 is 0 Å². The summed E-state index contributed by atoms with van der Waals surface area (Å²) in [5, 5.41) is 49.4. The third-order valence-electron chi connectivity index (χ3n) is 16.5. The van der Waals surface area contributed by atoms with Gasteiger partial charge in [0.25, 0.3) is 0 Å². The molecule has 0 bridgehead atoms. The van der Waals surface area contributed by atoms with Crippen LogP contribution in [0, 0.1) is 46.5 Å². The first kappa shape index (κ1) is 66.5. The van der Waals surface area contributed by atoms with Crippen LogP contribution in [0.3, 0.4) is 0 Å². The summed E-state index contributed by atoms with van der Waals surface area (Å²) in [4.78, 5) is 19.4. The number of hydrogen-bond donors (Lipinski definition) is 8. The molecule has 100 heavy (non-hydrogen) atoms. The Kier molecular flexibility index (Phi) is 19.7. The summed E-state index contributed by atoms with van der Waals surface area (Å²) in [5.74, 6) is -0.119. The van der Waals surface area contributed by atoms with Gasteiger partial charge in [0.05, 0.1) is 66.1 Å². The van der Waals surface area contributed by atoms with Crippen molar-refractivity contribution in [3.63, 3.8) is 0 Å². The lowest BCUT2D eigenvalue weighted by atomic mass is 10.1. The molecule has 0 radical (unpaired) electrons. The topological polar surface area (TPSA) is 224 Å². The number of aliphatic imine (C=N–C) groups is 4. The maximum absolute atomic E-state index is 14.4. The SMILES string of the molecule is CC1CN=C(c2cc(F)c3n[nH]c(/C=C/c4ccc(F)cc4)c3c2)N1.CN1CCN=C1c1cc(F)c2n[nH]c(/C=C/c3ccc(F)cc3)c2c1.Fc1ccc(/C=C/c2[nH]nc3c(F)cc(C4=NCCN4)cc23)cc1.OC1CN=C(c2cc3c(/C=C/c4ccc(F)cc4)n[nH]c3cc2F)NC1. The van der Waals surface area contributed by atoms with Crippen LogP contribution in [0.2, 0.25) is 0 Å². The lowest BCUT2D eigenvalue weighted by Gasteiger charge is -2.19. The normalized spacial score (nSPS) is 16.0. The summed E-state index contributed by atoms with van der Waals surface area (Å²) < 4.78 is 109. The molecular weight excluding hydrogens is 1290 g/mol. The molecule has 8 N–H and O–H groups in total. The molecule has 25 heteroatoms. The number of aromatic nitrogens is 8. The molecule has 8 aromatic carbocycles. The van der Waals surface area contributed by atoms with E-state index in [0.29, 0.717) is 110 Å². The number of β-amino-alcohol motifs (C(OH)–C–C–N with tert-alkyl or cyclic N) is 1. The number of H-pyrrole nitrogens is 4. The molecule has 4 aliphatic rings. The first-order chi connectivity index (χ1) is 48.5. The van der Waals surface area contributed by atoms with Crippen LogP contribution in [-0.2, 0) is 0 Å². The molecule has 504 valence electrons. The molecule has 0 aliphatic carbocycles. The minimum absolute atomic E-state index is 0.239. The summed E-state index contributed by atoms with van der Waals surface area (Å²) in [6.45, 7) is 6.28. The molecule has 16 rings (SSSR count). The number of halogens is 8. The van der Waals surface area contributed by atoms with E-state index in [9.17, 15) is 40.2 Å². The molecule has 17 nitrogen and oxygen atoms in total. The molecule has 12 aromatic rings. The van der Waals surface area contributed by atoms with Crippen LogP contribution < -0.4 is 16.0 Å². The molecule has 0 fully saturated rings. The third kappa shape index (κ3) is 15.5. The zero-order valence-corrected chi connectivity index (χ0v) is 53.6. The summed E-state index contributed by atoms with van der Waals surface area (Å²) in [5.41, 5.74) is 10.00. The summed E-state index contributed by atoms with van der Waals surface area (Å²) in [6, 6.07) is 37.8. The molecule has 2 unspecified atom stereocenters. The first-order valence-electron chi connectivity index (χ1n) is 31.8. The van der Waals surface area contributed by atoms with E-state index >= 15 is 0 Å². The maximum Gasteiger partial charge on any atom is 0.152 e. The Hall–Kier alpha value is -12.1. The number of nitrogens with one attached hydrogen (secondary N) is 7. The fourth-order valence-corrected chi connectivity index (χ4v) is 11.3. The van der Waals surface area contributed by atoms with Gasteiger partial charge in [0.2, 0.25) is 0 Å². The Morgan fingerprint density at radius 3 is 1.32 bits per heavy atom. The summed E-state index contributed by atoms with van der Waals surface area (Å²) in [7, 11) is 1.94. The fourth-order valence-electron chi connectivity index (χ4n) is 11.3. The molecule has 4 aliphatic heterocycles. The number of hydrogen-bond acceptors (Lipinski definition) is 13. The molecule has 0 saturated carbocycles. The molecule has 8 heterocycles. The quantitative estimate of drug-likeness (QED) is 0.0544. The van der Waals surface area contributed by atoms with Crippen molar-refractivity contribution in [3.8, 4) is 0 Å². The van der Waals surface area contributed by atoms with Gasteiger partial charge < -0.3 is 26.0 Å². The summed E-state index contributed by atoms with van der Waals surface area (Å²) in [6.07, 6.45) is 13.9. The Morgan fingerprint density at radius 1 is 0.430 bits per heavy atom. The van der Waals surface area contributed by atoms with Crippen molar-refractivity contribution in [2.24, 2.45) is 20.0 Å². The van der Waals surface area contributed by atoms with Crippen molar-refractivity contribution in [3.05, 3.63) is 259 Å². The van der Waals surface area contributed by atoms with Crippen molar-refractivity contribution in [1.29, 1.82) is 0 Å². The molecule has 4 aromatic heterocycles. The van der Waals surface area contributed by atoms with Crippen molar-refractivity contribution in [2.45, 2.75) is 19.1 Å². The van der Waals surface area contributed by atoms with E-state index in [0.717, 1.165) is 52.1 Å². The number of aliphatic hydroxyl groups excluding tert-OH is 1. The number of nitrogens with zero attached hydrogens (tertiary/aromatic N) is 9. The Balaban J connectivity index is 0.000000120. The van der Waals surface area contributed by atoms with Gasteiger partial charge in [-0.05, 0) is 144 Å². The summed E-state index contributed by atoms with van der Waals surface area (Å²) >= 11 is 0. The molecular formula is C75H62F8N16O. The number of fused-ring (bicyclic) bond motifs is 4. The second-order valence-corrected chi connectivity index (χ2v) is 23.7. The van der Waals surface area contributed by atoms with Crippen LogP contribution in [0.4, 0.5) is 35.1 Å². The van der Waals surface area contributed by atoms with Crippen LogP contribution in [0.15, 0.2) is 166 Å². The molecule has 0 saturated heterocycles. The van der Waals surface area contributed by atoms with Gasteiger partial charge >= 0.3 is 0 Å². The highest BCUT2D eigenvalue weighted by atomic mass is 19.2. The predicted octanol–water partition coefficient (Wildman–Crippen LogP) is 13.5. The van der Waals surface area contributed by atoms with Gasteiger partial charge in [-0.3, -0.25) is 40.4 Å². The number of likely N-dealkylation sites (N-methyl/N-ethyl adjacent to an activating group) is 1. The van der Waals surface area contributed by atoms with Crippen LogP contribution in [0.1, 0.15) is 74.2 Å². The van der Waals surface area contributed by atoms with Crippen molar-refractivity contribution in [1.82, 2.24) is 61.6 Å². The van der Waals surface area contributed by atoms with Crippen LogP contribution in [-0.4, -0.2) is 139 Å². The highest BCUT2D eigenvalue weighted by molar-refractivity contribution is 6.07. The standard InChI is InChI=1S/C19H16F2N4O.2C19H16F2N4.C18H14F2N4/c20-12-4-1-11(2-5-12)3-6-17-15-7-14(16(21)8-18(15)25-24-17)19-22-9-13(26)10-23-19;1-11-10-22-19(23-11)13-8-15-17(24-25-18(15)16(21)9-13)7-4-12-2-5-14(20)6-3-12;1-25-9-8-22-19(25)13-10-15-17(23-24-18(15)16(21)11-13)7-4-12-2-5-14(20)6-3-12;19-13-4-1-11(2-5-13)3-6-16-14-9-12(18-21-7-8-22-18)10-15(20)17(14)24-23-16/h1-8,13,26H,9-10H2,(H,22,23)(H,24,25);2-9,11H,10H2,1H3,(H,22,23)(H,24,25);2-7,10-11H,8-9H2,1H3,(H,23,24);1-6,9-10H,7-8H2,(H,21,22)(H,23,24)/b6-3+;2*7-4+;6-3+. The van der Waals surface area contributed by atoms with E-state index in [1.165, 1.54) is 72.8 Å². The highest BCUT2D eigenvalue weighted by Gasteiger charge is 2.23. The second kappa shape index (κ2) is 29.7. The van der Waals surface area contributed by atoms with Crippen LogP contribution in [0.25, 0.3) is 92.2 Å². The molecule has 0 spiro atoms. The van der Waals surface area contributed by atoms with Crippen molar-refractivity contribution >= 4 is 116 Å². The molecule has 0 amide bonds. The zero-order valence-electron chi connectivity index (χ0n) is 53.6. The Morgan fingerprint density at radius 2 is 0.890 bits per heavy atom. The Labute approximate surface area is 566 Å². The van der Waals surface area contributed by atoms with Crippen molar-refractivity contribution < 1.29 is 40.2 Å². The van der Waals surface area contributed by atoms with E-state index in [4.69, 9.17) is 0 Å². The second-order valence-electron chi connectivity index (χ2n) is 23.7. The largest absolute Gasteiger partial charge is 0.389 e. The van der Waals surface area contributed by atoms with Gasteiger partial charge in [-0.15, -0.1) is 0 Å². The average molecular weight is 1360 g/mol. The average Bonchev–Trinajstić information content (AvgIpc) is 1.66.